The molecule has 1 heterocycles. The van der Waals surface area contributed by atoms with Crippen LogP contribution in [0.15, 0.2) is 69.9 Å². The molecule has 0 saturated carbocycles. The second-order valence-electron chi connectivity index (χ2n) is 5.18. The summed E-state index contributed by atoms with van der Waals surface area (Å²) >= 11 is 0. The van der Waals surface area contributed by atoms with Crippen LogP contribution in [0.25, 0.3) is 0 Å². The maximum absolute atomic E-state index is 12.5. The van der Waals surface area contributed by atoms with E-state index in [-0.39, 0.29) is 5.91 Å². The van der Waals surface area contributed by atoms with Crippen LogP contribution in [0.1, 0.15) is 12.5 Å². The predicted octanol–water partition coefficient (Wildman–Crippen LogP) is 3.87. The zero-order chi connectivity index (χ0) is 15.5. The fourth-order valence-corrected chi connectivity index (χ4v) is 2.26. The van der Waals surface area contributed by atoms with E-state index in [2.05, 4.69) is 15.3 Å². The lowest BCUT2D eigenvalue weighted by molar-refractivity contribution is -0.117. The smallest absolute Gasteiger partial charge is 0.269 e. The van der Waals surface area contributed by atoms with Crippen molar-refractivity contribution in [3.8, 4) is 0 Å². The molecular formula is C17H16N4O. The molecule has 0 unspecified atom stereocenters. The van der Waals surface area contributed by atoms with Crippen molar-refractivity contribution in [3.63, 3.8) is 0 Å². The Labute approximate surface area is 129 Å². The molecule has 0 saturated heterocycles. The molecule has 1 aliphatic rings. The number of benzene rings is 2. The van der Waals surface area contributed by atoms with Crippen molar-refractivity contribution in [1.29, 1.82) is 0 Å². The first-order valence-corrected chi connectivity index (χ1v) is 7.07. The lowest BCUT2D eigenvalue weighted by atomic mass is 10.2. The molecule has 0 bridgehead atoms. The molecule has 5 nitrogen and oxygen atoms in total. The van der Waals surface area contributed by atoms with Gasteiger partial charge < -0.3 is 0 Å². The van der Waals surface area contributed by atoms with Gasteiger partial charge in [0, 0.05) is 0 Å². The number of rotatable bonds is 3. The van der Waals surface area contributed by atoms with Crippen LogP contribution in [0.3, 0.4) is 0 Å². The van der Waals surface area contributed by atoms with E-state index >= 15 is 0 Å². The number of amides is 1. The topological polar surface area (TPSA) is 57.4 Å². The summed E-state index contributed by atoms with van der Waals surface area (Å²) in [4.78, 5) is 12.5. The fourth-order valence-electron chi connectivity index (χ4n) is 2.26. The fraction of sp³-hybridized carbons (Fsp3) is 0.176. The third-order valence-corrected chi connectivity index (χ3v) is 3.39. The Morgan fingerprint density at radius 1 is 1.05 bits per heavy atom. The van der Waals surface area contributed by atoms with Gasteiger partial charge in [0.25, 0.3) is 5.91 Å². The maximum Gasteiger partial charge on any atom is 0.280 e. The first-order valence-electron chi connectivity index (χ1n) is 7.07. The van der Waals surface area contributed by atoms with Crippen molar-refractivity contribution in [2.75, 3.05) is 5.01 Å². The number of hydrogen-bond acceptors (Lipinski definition) is 4. The number of anilines is 1. The van der Waals surface area contributed by atoms with E-state index in [9.17, 15) is 4.79 Å². The zero-order valence-corrected chi connectivity index (χ0v) is 12.5. The van der Waals surface area contributed by atoms with Gasteiger partial charge in [0.1, 0.15) is 0 Å². The summed E-state index contributed by atoms with van der Waals surface area (Å²) in [5.41, 5.74) is 3.22. The monoisotopic (exact) mass is 292 g/mol. The molecule has 2 aromatic rings. The van der Waals surface area contributed by atoms with E-state index in [1.54, 1.807) is 6.92 Å². The second-order valence-corrected chi connectivity index (χ2v) is 5.18. The molecule has 1 atom stereocenters. The van der Waals surface area contributed by atoms with Crippen LogP contribution in [0.5, 0.6) is 0 Å². The van der Waals surface area contributed by atoms with Gasteiger partial charge in [0.05, 0.1) is 17.1 Å². The summed E-state index contributed by atoms with van der Waals surface area (Å²) in [6.45, 7) is 3.78. The summed E-state index contributed by atoms with van der Waals surface area (Å²) in [6, 6.07) is 16.4. The first kappa shape index (κ1) is 14.1. The SMILES string of the molecule is CC1=NN(c2ccccc2)C(=O)[C@@H]1N=Nc1cccc(C)c1. The van der Waals surface area contributed by atoms with Crippen molar-refractivity contribution in [2.24, 2.45) is 15.3 Å². The Morgan fingerprint density at radius 2 is 1.82 bits per heavy atom. The van der Waals surface area contributed by atoms with Crippen molar-refractivity contribution >= 4 is 23.0 Å². The molecule has 5 heteroatoms. The molecule has 3 rings (SSSR count). The number of hydrazone groups is 1. The van der Waals surface area contributed by atoms with Gasteiger partial charge in [-0.05, 0) is 43.7 Å². The molecule has 0 aromatic heterocycles. The quantitative estimate of drug-likeness (QED) is 0.792. The first-order chi connectivity index (χ1) is 10.6. The minimum absolute atomic E-state index is 0.180. The highest BCUT2D eigenvalue weighted by Gasteiger charge is 2.34. The van der Waals surface area contributed by atoms with E-state index in [0.29, 0.717) is 5.71 Å². The molecule has 22 heavy (non-hydrogen) atoms. The summed E-state index contributed by atoms with van der Waals surface area (Å²) in [6.07, 6.45) is 0. The largest absolute Gasteiger partial charge is 0.280 e. The van der Waals surface area contributed by atoms with Crippen LogP contribution >= 0.6 is 0 Å². The Morgan fingerprint density at radius 3 is 2.55 bits per heavy atom. The van der Waals surface area contributed by atoms with Gasteiger partial charge in [-0.3, -0.25) is 4.79 Å². The Bertz CT molecular complexity index is 752. The molecule has 0 fully saturated rings. The van der Waals surface area contributed by atoms with Crippen LogP contribution in [0, 0.1) is 6.92 Å². The van der Waals surface area contributed by atoms with Gasteiger partial charge >= 0.3 is 0 Å². The van der Waals surface area contributed by atoms with Crippen molar-refractivity contribution in [3.05, 3.63) is 60.2 Å². The highest BCUT2D eigenvalue weighted by atomic mass is 16.2. The van der Waals surface area contributed by atoms with Gasteiger partial charge in [0.2, 0.25) is 0 Å². The normalized spacial score (nSPS) is 18.1. The van der Waals surface area contributed by atoms with E-state index in [4.69, 9.17) is 0 Å². The average Bonchev–Trinajstić information content (AvgIpc) is 2.81. The van der Waals surface area contributed by atoms with Crippen LogP contribution in [-0.2, 0) is 4.79 Å². The lowest BCUT2D eigenvalue weighted by Crippen LogP contribution is -2.29. The van der Waals surface area contributed by atoms with Crippen LogP contribution in [-0.4, -0.2) is 17.7 Å². The Hall–Kier alpha value is -2.82. The number of carbonyl (C=O) groups is 1. The van der Waals surface area contributed by atoms with E-state index in [1.165, 1.54) is 5.01 Å². The minimum Gasteiger partial charge on any atom is -0.269 e. The summed E-state index contributed by atoms with van der Waals surface area (Å²) < 4.78 is 0. The van der Waals surface area contributed by atoms with Gasteiger partial charge in [-0.2, -0.15) is 20.3 Å². The van der Waals surface area contributed by atoms with Crippen molar-refractivity contribution in [2.45, 2.75) is 19.9 Å². The number of aryl methyl sites for hydroxylation is 1. The Balaban J connectivity index is 1.82. The van der Waals surface area contributed by atoms with Crippen molar-refractivity contribution in [1.82, 2.24) is 0 Å². The standard InChI is InChI=1S/C17H16N4O/c1-12-7-6-8-14(11-12)18-19-16-13(2)20-21(17(16)22)15-9-4-3-5-10-15/h3-11,16H,1-2H3/t16-/m1/s1. The third-order valence-electron chi connectivity index (χ3n) is 3.39. The zero-order valence-electron chi connectivity index (χ0n) is 12.5. The summed E-state index contributed by atoms with van der Waals surface area (Å²) in [5, 5.41) is 14.0. The molecule has 110 valence electrons. The highest BCUT2D eigenvalue weighted by molar-refractivity contribution is 6.18. The van der Waals surface area contributed by atoms with Crippen LogP contribution < -0.4 is 5.01 Å². The molecule has 0 spiro atoms. The lowest BCUT2D eigenvalue weighted by Gasteiger charge is -2.11. The van der Waals surface area contributed by atoms with Gasteiger partial charge in [0.15, 0.2) is 6.04 Å². The Kier molecular flexibility index (Phi) is 3.78. The van der Waals surface area contributed by atoms with E-state index in [0.717, 1.165) is 16.9 Å². The van der Waals surface area contributed by atoms with E-state index in [1.807, 2.05) is 61.5 Å². The number of nitrogens with zero attached hydrogens (tertiary/aromatic N) is 4. The maximum atomic E-state index is 12.5. The van der Waals surface area contributed by atoms with Crippen molar-refractivity contribution < 1.29 is 4.79 Å². The molecule has 0 aliphatic carbocycles. The molecule has 0 radical (unpaired) electrons. The van der Waals surface area contributed by atoms with Crippen LogP contribution in [0.2, 0.25) is 0 Å². The second kappa shape index (κ2) is 5.89. The number of para-hydroxylation sites is 1. The minimum atomic E-state index is -0.652. The highest BCUT2D eigenvalue weighted by Crippen LogP contribution is 2.23. The van der Waals surface area contributed by atoms with Gasteiger partial charge in [-0.15, -0.1) is 0 Å². The predicted molar refractivity (Wildman–Crippen MR) is 86.5 cm³/mol. The van der Waals surface area contributed by atoms with Crippen LogP contribution in [0.4, 0.5) is 11.4 Å². The van der Waals surface area contributed by atoms with Gasteiger partial charge in [-0.25, -0.2) is 0 Å². The molecule has 1 amide bonds. The third kappa shape index (κ3) is 2.79. The molecule has 1 aliphatic heterocycles. The summed E-state index contributed by atoms with van der Waals surface area (Å²) in [7, 11) is 0. The average molecular weight is 292 g/mol. The summed E-state index contributed by atoms with van der Waals surface area (Å²) in [5.74, 6) is -0.180. The number of carbonyl (C=O) groups excluding carboxylic acids is 1. The van der Waals surface area contributed by atoms with Gasteiger partial charge in [-0.1, -0.05) is 30.3 Å². The molecule has 2 aromatic carbocycles. The number of azo groups is 1. The number of hydrogen-bond donors (Lipinski definition) is 0. The molecule has 0 N–H and O–H groups in total. The van der Waals surface area contributed by atoms with E-state index < -0.39 is 6.04 Å². The molecular weight excluding hydrogens is 276 g/mol.